The molecule has 1 amide bonds. The van der Waals surface area contributed by atoms with Crippen LogP contribution in [0.2, 0.25) is 0 Å². The first-order valence-corrected chi connectivity index (χ1v) is 11.4. The minimum atomic E-state index is -4.07. The van der Waals surface area contributed by atoms with Gasteiger partial charge in [-0.3, -0.25) is 4.79 Å². The summed E-state index contributed by atoms with van der Waals surface area (Å²) >= 11 is 0. The lowest BCUT2D eigenvalue weighted by atomic mass is 10.2. The smallest absolute Gasteiger partial charge is 0.344 e. The summed E-state index contributed by atoms with van der Waals surface area (Å²) in [5, 5.41) is 2.63. The molecule has 0 spiro atoms. The molecule has 0 aliphatic heterocycles. The van der Waals surface area contributed by atoms with Crippen molar-refractivity contribution in [3.63, 3.8) is 0 Å². The molecular weight excluding hydrogens is 446 g/mol. The number of carbonyl (C=O) groups is 2. The topological polar surface area (TPSA) is 111 Å². The van der Waals surface area contributed by atoms with Crippen molar-refractivity contribution in [3.8, 4) is 5.75 Å². The highest BCUT2D eigenvalue weighted by molar-refractivity contribution is 7.88. The van der Waals surface area contributed by atoms with E-state index in [1.165, 1.54) is 24.3 Å². The van der Waals surface area contributed by atoms with Crippen LogP contribution in [0.15, 0.2) is 42.5 Å². The molecule has 0 bridgehead atoms. The van der Waals surface area contributed by atoms with E-state index in [4.69, 9.17) is 9.47 Å². The van der Waals surface area contributed by atoms with Crippen molar-refractivity contribution in [1.29, 1.82) is 0 Å². The third-order valence-corrected chi connectivity index (χ3v) is 6.06. The molecule has 1 saturated carbocycles. The molecule has 32 heavy (non-hydrogen) atoms. The van der Waals surface area contributed by atoms with Crippen LogP contribution >= 0.6 is 0 Å². The minimum absolute atomic E-state index is 0.200. The fraction of sp³-hybridized carbons (Fsp3) is 0.333. The van der Waals surface area contributed by atoms with Crippen LogP contribution < -0.4 is 14.8 Å². The summed E-state index contributed by atoms with van der Waals surface area (Å²) in [4.78, 5) is 24.0. The molecule has 3 rings (SSSR count). The summed E-state index contributed by atoms with van der Waals surface area (Å²) in [6.45, 7) is 1.68. The number of esters is 1. The molecule has 0 atom stereocenters. The lowest BCUT2D eigenvalue weighted by Crippen LogP contribution is -2.46. The fourth-order valence-corrected chi connectivity index (χ4v) is 4.52. The number of ether oxygens (including phenoxy) is 2. The minimum Gasteiger partial charge on any atom is -0.482 e. The average molecular weight is 468 g/mol. The molecule has 2 aromatic rings. The number of anilines is 1. The van der Waals surface area contributed by atoms with E-state index >= 15 is 0 Å². The van der Waals surface area contributed by atoms with Crippen LogP contribution in [0.5, 0.6) is 5.75 Å². The molecule has 2 N–H and O–H groups in total. The first kappa shape index (κ1) is 23.6. The predicted octanol–water partition coefficient (Wildman–Crippen LogP) is 2.50. The molecule has 0 saturated heterocycles. The van der Waals surface area contributed by atoms with Gasteiger partial charge in [-0.1, -0.05) is 6.07 Å². The Balaban J connectivity index is 1.58. The van der Waals surface area contributed by atoms with E-state index in [0.717, 1.165) is 12.1 Å². The molecular formula is C21H22F2N2O6S. The second-order valence-corrected chi connectivity index (χ2v) is 8.97. The molecule has 1 aliphatic carbocycles. The van der Waals surface area contributed by atoms with Crippen LogP contribution in [-0.4, -0.2) is 39.0 Å². The average Bonchev–Trinajstić information content (AvgIpc) is 3.50. The second kappa shape index (κ2) is 9.61. The third-order valence-electron chi connectivity index (χ3n) is 4.67. The number of hydrogen-bond acceptors (Lipinski definition) is 6. The van der Waals surface area contributed by atoms with Crippen LogP contribution in [0.3, 0.4) is 0 Å². The SMILES string of the molecule is CCOC(=O)COc1ccc(NC(=O)C2(NS(=O)(=O)Cc3ccc(F)cc3F)CC2)cc1. The van der Waals surface area contributed by atoms with Gasteiger partial charge in [0.25, 0.3) is 0 Å². The van der Waals surface area contributed by atoms with Crippen molar-refractivity contribution in [2.75, 3.05) is 18.5 Å². The Labute approximate surface area is 184 Å². The van der Waals surface area contributed by atoms with Crippen LogP contribution in [0.25, 0.3) is 0 Å². The van der Waals surface area contributed by atoms with Gasteiger partial charge in [-0.05, 0) is 50.1 Å². The highest BCUT2D eigenvalue weighted by atomic mass is 32.2. The molecule has 0 unspecified atom stereocenters. The number of sulfonamides is 1. The van der Waals surface area contributed by atoms with Crippen LogP contribution in [0.4, 0.5) is 14.5 Å². The standard InChI is InChI=1S/C21H22F2N2O6S/c1-2-30-19(26)12-31-17-7-5-16(6-8-17)24-20(27)21(9-10-21)25-32(28,29)13-14-3-4-15(22)11-18(14)23/h3-8,11,25H,2,9-10,12-13H2,1H3,(H,24,27). The second-order valence-electron chi connectivity index (χ2n) is 7.25. The predicted molar refractivity (Wildman–Crippen MR) is 111 cm³/mol. The Kier molecular flexibility index (Phi) is 7.09. The molecule has 0 radical (unpaired) electrons. The number of halogens is 2. The van der Waals surface area contributed by atoms with Gasteiger partial charge in [0.1, 0.15) is 22.9 Å². The lowest BCUT2D eigenvalue weighted by molar-refractivity contribution is -0.145. The van der Waals surface area contributed by atoms with Crippen molar-refractivity contribution >= 4 is 27.6 Å². The lowest BCUT2D eigenvalue weighted by Gasteiger charge is -2.18. The maximum Gasteiger partial charge on any atom is 0.344 e. The van der Waals surface area contributed by atoms with E-state index < -0.39 is 44.8 Å². The van der Waals surface area contributed by atoms with Crippen molar-refractivity contribution in [2.45, 2.75) is 31.1 Å². The Morgan fingerprint density at radius 2 is 1.78 bits per heavy atom. The molecule has 0 heterocycles. The normalized spacial score (nSPS) is 14.5. The Hall–Kier alpha value is -3.05. The molecule has 0 aromatic heterocycles. The van der Waals surface area contributed by atoms with Gasteiger partial charge >= 0.3 is 5.97 Å². The maximum absolute atomic E-state index is 13.8. The van der Waals surface area contributed by atoms with Gasteiger partial charge in [0.15, 0.2) is 6.61 Å². The van der Waals surface area contributed by atoms with E-state index in [2.05, 4.69) is 10.0 Å². The van der Waals surface area contributed by atoms with Gasteiger partial charge in [0.2, 0.25) is 15.9 Å². The fourth-order valence-electron chi connectivity index (χ4n) is 2.91. The summed E-state index contributed by atoms with van der Waals surface area (Å²) in [5.41, 5.74) is -1.13. The van der Waals surface area contributed by atoms with E-state index in [0.29, 0.717) is 17.5 Å². The number of benzene rings is 2. The molecule has 8 nitrogen and oxygen atoms in total. The zero-order valence-corrected chi connectivity index (χ0v) is 18.0. The molecule has 172 valence electrons. The quantitative estimate of drug-likeness (QED) is 0.519. The summed E-state index contributed by atoms with van der Waals surface area (Å²) in [5.74, 6) is -3.18. The Bertz CT molecular complexity index is 1100. The summed E-state index contributed by atoms with van der Waals surface area (Å²) < 4.78 is 64.1. The van der Waals surface area contributed by atoms with Gasteiger partial charge in [-0.15, -0.1) is 0 Å². The Morgan fingerprint density at radius 1 is 1.09 bits per heavy atom. The zero-order valence-electron chi connectivity index (χ0n) is 17.2. The molecule has 11 heteroatoms. The van der Waals surface area contributed by atoms with E-state index in [1.807, 2.05) is 0 Å². The van der Waals surface area contributed by atoms with Crippen LogP contribution in [-0.2, 0) is 30.1 Å². The number of amides is 1. The van der Waals surface area contributed by atoms with Crippen molar-refractivity contribution in [1.82, 2.24) is 4.72 Å². The number of hydrogen-bond donors (Lipinski definition) is 2. The third kappa shape index (κ3) is 6.24. The highest BCUT2D eigenvalue weighted by Gasteiger charge is 2.52. The van der Waals surface area contributed by atoms with Crippen LogP contribution in [0.1, 0.15) is 25.3 Å². The maximum atomic E-state index is 13.8. The number of carbonyl (C=O) groups excluding carboxylic acids is 2. The highest BCUT2D eigenvalue weighted by Crippen LogP contribution is 2.38. The first-order chi connectivity index (χ1) is 15.1. The number of rotatable bonds is 10. The van der Waals surface area contributed by atoms with Gasteiger partial charge in [0, 0.05) is 17.3 Å². The van der Waals surface area contributed by atoms with E-state index in [1.54, 1.807) is 6.92 Å². The summed E-state index contributed by atoms with van der Waals surface area (Å²) in [7, 11) is -4.07. The van der Waals surface area contributed by atoms with Gasteiger partial charge in [-0.2, -0.15) is 4.72 Å². The largest absolute Gasteiger partial charge is 0.482 e. The summed E-state index contributed by atoms with van der Waals surface area (Å²) in [6, 6.07) is 8.77. The number of nitrogens with one attached hydrogen (secondary N) is 2. The van der Waals surface area contributed by atoms with Crippen molar-refractivity contribution in [2.24, 2.45) is 0 Å². The van der Waals surface area contributed by atoms with Crippen molar-refractivity contribution in [3.05, 3.63) is 59.7 Å². The van der Waals surface area contributed by atoms with Gasteiger partial charge < -0.3 is 14.8 Å². The Morgan fingerprint density at radius 3 is 2.38 bits per heavy atom. The first-order valence-electron chi connectivity index (χ1n) is 9.78. The monoisotopic (exact) mass is 468 g/mol. The van der Waals surface area contributed by atoms with Gasteiger partial charge in [-0.25, -0.2) is 22.0 Å². The zero-order chi connectivity index (χ0) is 23.4. The van der Waals surface area contributed by atoms with Gasteiger partial charge in [0.05, 0.1) is 12.4 Å². The summed E-state index contributed by atoms with van der Waals surface area (Å²) in [6.07, 6.45) is 0.565. The van der Waals surface area contributed by atoms with E-state index in [9.17, 15) is 26.8 Å². The molecule has 2 aromatic carbocycles. The van der Waals surface area contributed by atoms with Crippen molar-refractivity contribution < 1.29 is 36.3 Å². The van der Waals surface area contributed by atoms with E-state index in [-0.39, 0.29) is 31.6 Å². The van der Waals surface area contributed by atoms with Crippen LogP contribution in [0, 0.1) is 11.6 Å². The molecule has 1 aliphatic rings. The molecule has 1 fully saturated rings.